The Morgan fingerprint density at radius 3 is 2.69 bits per heavy atom. The molecule has 0 spiro atoms. The van der Waals surface area contributed by atoms with Crippen LogP contribution in [0.25, 0.3) is 0 Å². The zero-order valence-electron chi connectivity index (χ0n) is 9.28. The summed E-state index contributed by atoms with van der Waals surface area (Å²) < 4.78 is 23.9. The van der Waals surface area contributed by atoms with E-state index in [-0.39, 0.29) is 5.75 Å². The van der Waals surface area contributed by atoms with Crippen LogP contribution in [0.4, 0.5) is 0 Å². The number of hydrogen-bond donors (Lipinski definition) is 1. The summed E-state index contributed by atoms with van der Waals surface area (Å²) in [5, 5.41) is 0. The summed E-state index contributed by atoms with van der Waals surface area (Å²) in [6, 6.07) is 5.53. The molecule has 3 nitrogen and oxygen atoms in total. The second-order valence-corrected chi connectivity index (χ2v) is 6.35. The van der Waals surface area contributed by atoms with E-state index in [1.807, 2.05) is 12.1 Å². The Labute approximate surface area is 96.6 Å². The molecule has 0 bridgehead atoms. The lowest BCUT2D eigenvalue weighted by molar-refractivity contribution is 0.593. The molecule has 1 aromatic rings. The topological polar surface area (TPSA) is 60.2 Å². The average molecular weight is 239 g/mol. The Hall–Kier alpha value is -0.870. The third-order valence-electron chi connectivity index (χ3n) is 3.05. The van der Waals surface area contributed by atoms with E-state index in [9.17, 15) is 8.42 Å². The van der Waals surface area contributed by atoms with Crippen LogP contribution in [0.15, 0.2) is 23.1 Å². The van der Waals surface area contributed by atoms with E-state index in [0.717, 1.165) is 19.3 Å². The molecule has 1 aliphatic rings. The van der Waals surface area contributed by atoms with Gasteiger partial charge in [-0.25, -0.2) is 8.42 Å². The molecule has 0 radical (unpaired) electrons. The molecule has 88 valence electrons. The number of hydrogen-bond acceptors (Lipinski definition) is 3. The van der Waals surface area contributed by atoms with Crippen molar-refractivity contribution in [2.24, 2.45) is 5.73 Å². The smallest absolute Gasteiger partial charge is 0.178 e. The van der Waals surface area contributed by atoms with Crippen molar-refractivity contribution in [3.63, 3.8) is 0 Å². The molecule has 0 fully saturated rings. The van der Waals surface area contributed by atoms with Gasteiger partial charge in [0, 0.05) is 0 Å². The van der Waals surface area contributed by atoms with Crippen LogP contribution in [-0.2, 0) is 22.7 Å². The van der Waals surface area contributed by atoms with E-state index in [1.54, 1.807) is 6.07 Å². The fourth-order valence-corrected chi connectivity index (χ4v) is 3.51. The lowest BCUT2D eigenvalue weighted by atomic mass is 10.1. The number of nitrogens with two attached hydrogens (primary N) is 1. The first-order valence-electron chi connectivity index (χ1n) is 5.68. The molecule has 0 saturated carbocycles. The van der Waals surface area contributed by atoms with Crippen molar-refractivity contribution in [3.8, 4) is 0 Å². The van der Waals surface area contributed by atoms with Crippen LogP contribution < -0.4 is 5.73 Å². The average Bonchev–Trinajstić information content (AvgIpc) is 2.73. The quantitative estimate of drug-likeness (QED) is 0.861. The van der Waals surface area contributed by atoms with Crippen molar-refractivity contribution in [3.05, 3.63) is 29.3 Å². The van der Waals surface area contributed by atoms with E-state index in [1.165, 1.54) is 11.1 Å². The predicted molar refractivity (Wildman–Crippen MR) is 64.2 cm³/mol. The van der Waals surface area contributed by atoms with Crippen molar-refractivity contribution in [2.45, 2.75) is 30.6 Å². The van der Waals surface area contributed by atoms with Gasteiger partial charge in [-0.2, -0.15) is 0 Å². The molecule has 1 aliphatic carbocycles. The molecular weight excluding hydrogens is 222 g/mol. The third kappa shape index (κ3) is 2.28. The van der Waals surface area contributed by atoms with Crippen LogP contribution in [0.3, 0.4) is 0 Å². The first-order valence-corrected chi connectivity index (χ1v) is 7.33. The highest BCUT2D eigenvalue weighted by molar-refractivity contribution is 7.91. The normalized spacial score (nSPS) is 15.1. The number of sulfone groups is 1. The molecule has 2 rings (SSSR count). The van der Waals surface area contributed by atoms with Gasteiger partial charge in [-0.1, -0.05) is 6.07 Å². The highest BCUT2D eigenvalue weighted by Crippen LogP contribution is 2.25. The fraction of sp³-hybridized carbons (Fsp3) is 0.500. The van der Waals surface area contributed by atoms with Crippen molar-refractivity contribution < 1.29 is 8.42 Å². The first-order chi connectivity index (χ1) is 7.63. The fourth-order valence-electron chi connectivity index (χ4n) is 2.13. The van der Waals surface area contributed by atoms with Crippen LogP contribution in [0.5, 0.6) is 0 Å². The molecule has 1 aromatic carbocycles. The maximum atomic E-state index is 11.9. The van der Waals surface area contributed by atoms with E-state index in [0.29, 0.717) is 17.9 Å². The number of rotatable bonds is 4. The van der Waals surface area contributed by atoms with Crippen molar-refractivity contribution >= 4 is 9.84 Å². The van der Waals surface area contributed by atoms with Gasteiger partial charge in [0.15, 0.2) is 9.84 Å². The van der Waals surface area contributed by atoms with Gasteiger partial charge in [0.05, 0.1) is 10.6 Å². The van der Waals surface area contributed by atoms with Gasteiger partial charge >= 0.3 is 0 Å². The maximum Gasteiger partial charge on any atom is 0.178 e. The van der Waals surface area contributed by atoms with Gasteiger partial charge in [-0.05, 0) is 55.5 Å². The number of fused-ring (bicyclic) bond motifs is 1. The lowest BCUT2D eigenvalue weighted by Crippen LogP contribution is -2.11. The Bertz CT molecular complexity index is 480. The minimum Gasteiger partial charge on any atom is -0.330 e. The van der Waals surface area contributed by atoms with E-state index in [2.05, 4.69) is 0 Å². The van der Waals surface area contributed by atoms with Crippen LogP contribution in [-0.4, -0.2) is 20.7 Å². The monoisotopic (exact) mass is 239 g/mol. The van der Waals surface area contributed by atoms with Gasteiger partial charge in [0.1, 0.15) is 0 Å². The molecule has 2 N–H and O–H groups in total. The van der Waals surface area contributed by atoms with Gasteiger partial charge < -0.3 is 5.73 Å². The van der Waals surface area contributed by atoms with Gasteiger partial charge in [0.2, 0.25) is 0 Å². The van der Waals surface area contributed by atoms with Crippen LogP contribution in [0.2, 0.25) is 0 Å². The van der Waals surface area contributed by atoms with Crippen molar-refractivity contribution in [2.75, 3.05) is 12.3 Å². The third-order valence-corrected chi connectivity index (χ3v) is 4.84. The zero-order chi connectivity index (χ0) is 11.6. The number of benzene rings is 1. The molecule has 4 heteroatoms. The summed E-state index contributed by atoms with van der Waals surface area (Å²) in [6.07, 6.45) is 3.76. The molecule has 0 aliphatic heterocycles. The molecule has 0 saturated heterocycles. The van der Waals surface area contributed by atoms with E-state index in [4.69, 9.17) is 5.73 Å². The second kappa shape index (κ2) is 4.55. The SMILES string of the molecule is NCCCS(=O)(=O)c1ccc2c(c1)CCC2. The molecule has 0 unspecified atom stereocenters. The maximum absolute atomic E-state index is 11.9. The molecule has 0 atom stereocenters. The lowest BCUT2D eigenvalue weighted by Gasteiger charge is -2.06. The summed E-state index contributed by atoms with van der Waals surface area (Å²) in [4.78, 5) is 0.460. The summed E-state index contributed by atoms with van der Waals surface area (Å²) in [5.41, 5.74) is 7.85. The largest absolute Gasteiger partial charge is 0.330 e. The minimum absolute atomic E-state index is 0.155. The van der Waals surface area contributed by atoms with E-state index < -0.39 is 9.84 Å². The van der Waals surface area contributed by atoms with Gasteiger partial charge in [-0.15, -0.1) is 0 Å². The molecule has 0 heterocycles. The summed E-state index contributed by atoms with van der Waals surface area (Å²) in [7, 11) is -3.12. The zero-order valence-corrected chi connectivity index (χ0v) is 10.1. The first kappa shape index (κ1) is 11.6. The van der Waals surface area contributed by atoms with Gasteiger partial charge in [0.25, 0.3) is 0 Å². The highest BCUT2D eigenvalue weighted by atomic mass is 32.2. The van der Waals surface area contributed by atoms with Crippen molar-refractivity contribution in [1.82, 2.24) is 0 Å². The highest BCUT2D eigenvalue weighted by Gasteiger charge is 2.17. The summed E-state index contributed by atoms with van der Waals surface area (Å²) in [6.45, 7) is 0.421. The van der Waals surface area contributed by atoms with E-state index >= 15 is 0 Å². The molecule has 0 amide bonds. The van der Waals surface area contributed by atoms with Gasteiger partial charge in [-0.3, -0.25) is 0 Å². The minimum atomic E-state index is -3.12. The Kier molecular flexibility index (Phi) is 3.30. The Balaban J connectivity index is 2.27. The standard InChI is InChI=1S/C12H17NO2S/c13-7-2-8-16(14,15)12-6-5-10-3-1-4-11(10)9-12/h5-6,9H,1-4,7-8,13H2. The number of aryl methyl sites for hydroxylation is 2. The molecular formula is C12H17NO2S. The van der Waals surface area contributed by atoms with Crippen LogP contribution in [0, 0.1) is 0 Å². The second-order valence-electron chi connectivity index (χ2n) is 4.25. The predicted octanol–water partition coefficient (Wildman–Crippen LogP) is 1.30. The molecule has 16 heavy (non-hydrogen) atoms. The van der Waals surface area contributed by atoms with Crippen LogP contribution in [0.1, 0.15) is 24.0 Å². The molecule has 0 aromatic heterocycles. The van der Waals surface area contributed by atoms with Crippen LogP contribution >= 0.6 is 0 Å². The Morgan fingerprint density at radius 1 is 1.19 bits per heavy atom. The summed E-state index contributed by atoms with van der Waals surface area (Å²) >= 11 is 0. The van der Waals surface area contributed by atoms with Crippen molar-refractivity contribution in [1.29, 1.82) is 0 Å². The Morgan fingerprint density at radius 2 is 1.94 bits per heavy atom. The summed E-state index contributed by atoms with van der Waals surface area (Å²) in [5.74, 6) is 0.155.